The first-order valence-electron chi connectivity index (χ1n) is 6.79. The summed E-state index contributed by atoms with van der Waals surface area (Å²) in [5.41, 5.74) is 1.14. The molecule has 1 aromatic heterocycles. The number of allylic oxidation sites excluding steroid dienone is 1. The number of nitrogens with zero attached hydrogens (tertiary/aromatic N) is 1. The van der Waals surface area contributed by atoms with E-state index in [0.29, 0.717) is 19.0 Å². The van der Waals surface area contributed by atoms with Crippen molar-refractivity contribution in [1.82, 2.24) is 5.32 Å². The maximum Gasteiger partial charge on any atom is 0.314 e. The average molecular weight is 278 g/mol. The average Bonchev–Trinajstić information content (AvgIpc) is 2.41. The van der Waals surface area contributed by atoms with Crippen molar-refractivity contribution in [3.05, 3.63) is 36.0 Å². The van der Waals surface area contributed by atoms with Crippen molar-refractivity contribution in [2.24, 2.45) is 5.92 Å². The SMILES string of the molecule is CO[n+]1ccc(C)cc1NCCNC(=O)/C=C/C(C)C. The van der Waals surface area contributed by atoms with Gasteiger partial charge in [0.2, 0.25) is 5.91 Å². The highest BCUT2D eigenvalue weighted by molar-refractivity contribution is 5.87. The van der Waals surface area contributed by atoms with Crippen molar-refractivity contribution >= 4 is 11.7 Å². The van der Waals surface area contributed by atoms with Crippen LogP contribution in [0.5, 0.6) is 0 Å². The predicted octanol–water partition coefficient (Wildman–Crippen LogP) is 1.08. The van der Waals surface area contributed by atoms with Crippen LogP contribution >= 0.6 is 0 Å². The Kier molecular flexibility index (Phi) is 6.56. The van der Waals surface area contributed by atoms with Crippen molar-refractivity contribution in [1.29, 1.82) is 0 Å². The van der Waals surface area contributed by atoms with E-state index >= 15 is 0 Å². The summed E-state index contributed by atoms with van der Waals surface area (Å²) >= 11 is 0. The van der Waals surface area contributed by atoms with E-state index < -0.39 is 0 Å². The fraction of sp³-hybridized carbons (Fsp3) is 0.467. The minimum absolute atomic E-state index is 0.0654. The first-order chi connectivity index (χ1) is 9.52. The van der Waals surface area contributed by atoms with Crippen LogP contribution in [0.2, 0.25) is 0 Å². The summed E-state index contributed by atoms with van der Waals surface area (Å²) in [7, 11) is 1.61. The Morgan fingerprint density at radius 1 is 1.45 bits per heavy atom. The van der Waals surface area contributed by atoms with Gasteiger partial charge in [-0.15, -0.1) is 0 Å². The van der Waals surface area contributed by atoms with Crippen molar-refractivity contribution in [3.8, 4) is 0 Å². The minimum atomic E-state index is -0.0654. The van der Waals surface area contributed by atoms with Gasteiger partial charge in [-0.2, -0.15) is 0 Å². The van der Waals surface area contributed by atoms with Crippen LogP contribution in [0, 0.1) is 12.8 Å². The molecular weight excluding hydrogens is 254 g/mol. The third kappa shape index (κ3) is 5.73. The lowest BCUT2D eigenvalue weighted by molar-refractivity contribution is -0.874. The van der Waals surface area contributed by atoms with Crippen molar-refractivity contribution < 1.29 is 14.4 Å². The molecule has 110 valence electrons. The number of hydrogen-bond acceptors (Lipinski definition) is 3. The van der Waals surface area contributed by atoms with Crippen molar-refractivity contribution in [2.45, 2.75) is 20.8 Å². The van der Waals surface area contributed by atoms with Crippen LogP contribution in [-0.2, 0) is 4.79 Å². The van der Waals surface area contributed by atoms with E-state index in [1.165, 1.54) is 0 Å². The fourth-order valence-corrected chi connectivity index (χ4v) is 1.60. The Morgan fingerprint density at radius 3 is 2.85 bits per heavy atom. The molecule has 1 heterocycles. The largest absolute Gasteiger partial charge is 0.349 e. The molecule has 0 radical (unpaired) electrons. The molecule has 0 unspecified atom stereocenters. The summed E-state index contributed by atoms with van der Waals surface area (Å²) in [5, 5.41) is 6.05. The topological polar surface area (TPSA) is 54.2 Å². The molecule has 20 heavy (non-hydrogen) atoms. The third-order valence-corrected chi connectivity index (χ3v) is 2.63. The molecule has 1 aromatic rings. The Hall–Kier alpha value is -2.04. The summed E-state index contributed by atoms with van der Waals surface area (Å²) in [6.45, 7) is 7.27. The van der Waals surface area contributed by atoms with Gasteiger partial charge >= 0.3 is 5.82 Å². The second-order valence-electron chi connectivity index (χ2n) is 4.92. The van der Waals surface area contributed by atoms with E-state index in [2.05, 4.69) is 10.6 Å². The fourth-order valence-electron chi connectivity index (χ4n) is 1.60. The Morgan fingerprint density at radius 2 is 2.20 bits per heavy atom. The number of carbonyl (C=O) groups is 1. The van der Waals surface area contributed by atoms with Crippen LogP contribution in [0.3, 0.4) is 0 Å². The maximum atomic E-state index is 11.5. The molecule has 0 saturated heterocycles. The zero-order chi connectivity index (χ0) is 15.0. The molecule has 0 fully saturated rings. The van der Waals surface area contributed by atoms with Gasteiger partial charge in [0.15, 0.2) is 0 Å². The van der Waals surface area contributed by atoms with Crippen LogP contribution in [0.4, 0.5) is 5.82 Å². The molecule has 0 saturated carbocycles. The summed E-state index contributed by atoms with van der Waals surface area (Å²) in [5.74, 6) is 1.18. The Balaban J connectivity index is 2.38. The number of hydrogen-bond donors (Lipinski definition) is 2. The Bertz CT molecular complexity index is 470. The highest BCUT2D eigenvalue weighted by Gasteiger charge is 2.08. The first-order valence-corrected chi connectivity index (χ1v) is 6.79. The van der Waals surface area contributed by atoms with E-state index in [0.717, 1.165) is 11.4 Å². The number of nitrogens with one attached hydrogen (secondary N) is 2. The molecule has 0 aromatic carbocycles. The monoisotopic (exact) mass is 278 g/mol. The van der Waals surface area contributed by atoms with Gasteiger partial charge in [0.1, 0.15) is 19.9 Å². The highest BCUT2D eigenvalue weighted by Crippen LogP contribution is 2.02. The van der Waals surface area contributed by atoms with E-state index in [4.69, 9.17) is 4.84 Å². The quantitative estimate of drug-likeness (QED) is 0.446. The maximum absolute atomic E-state index is 11.5. The number of amides is 1. The molecule has 1 amide bonds. The third-order valence-electron chi connectivity index (χ3n) is 2.63. The Labute approximate surface area is 120 Å². The number of aromatic nitrogens is 1. The predicted molar refractivity (Wildman–Crippen MR) is 79.4 cm³/mol. The van der Waals surface area contributed by atoms with Crippen molar-refractivity contribution in [3.63, 3.8) is 0 Å². The lowest BCUT2D eigenvalue weighted by atomic mass is 10.2. The molecular formula is C15H24N3O2+. The standard InChI is InChI=1S/C15H23N3O2/c1-12(2)5-6-15(19)17-9-8-16-14-11-13(3)7-10-18(14)20-4/h5-7,10-12H,8-9H2,1-4H3,(H,17,19)/p+1/b6-5+. The van der Waals surface area contributed by atoms with Gasteiger partial charge in [-0.1, -0.05) is 19.9 Å². The molecule has 2 N–H and O–H groups in total. The smallest absolute Gasteiger partial charge is 0.314 e. The number of rotatable bonds is 7. The molecule has 5 nitrogen and oxygen atoms in total. The second kappa shape index (κ2) is 8.19. The van der Waals surface area contributed by atoms with Crippen LogP contribution in [0.25, 0.3) is 0 Å². The van der Waals surface area contributed by atoms with Gasteiger partial charge in [0.25, 0.3) is 0 Å². The van der Waals surface area contributed by atoms with Gasteiger partial charge in [0, 0.05) is 6.07 Å². The number of carbonyl (C=O) groups excluding carboxylic acids is 1. The highest BCUT2D eigenvalue weighted by atomic mass is 16.6. The van der Waals surface area contributed by atoms with Crippen LogP contribution in [0.1, 0.15) is 19.4 Å². The number of anilines is 1. The lowest BCUT2D eigenvalue weighted by Crippen LogP contribution is -2.43. The van der Waals surface area contributed by atoms with Gasteiger partial charge < -0.3 is 10.2 Å². The minimum Gasteiger partial charge on any atom is -0.349 e. The number of aryl methyl sites for hydroxylation is 1. The molecule has 0 atom stereocenters. The zero-order valence-corrected chi connectivity index (χ0v) is 12.6. The summed E-state index contributed by atoms with van der Waals surface area (Å²) in [6, 6.07) is 3.96. The van der Waals surface area contributed by atoms with Crippen molar-refractivity contribution in [2.75, 3.05) is 25.5 Å². The van der Waals surface area contributed by atoms with Gasteiger partial charge in [-0.25, -0.2) is 0 Å². The van der Waals surface area contributed by atoms with Crippen LogP contribution < -0.4 is 20.2 Å². The molecule has 0 aliphatic rings. The summed E-state index contributed by atoms with van der Waals surface area (Å²) in [6.07, 6.45) is 5.30. The van der Waals surface area contributed by atoms with E-state index in [1.54, 1.807) is 17.9 Å². The molecule has 5 heteroatoms. The number of pyridine rings is 1. The summed E-state index contributed by atoms with van der Waals surface area (Å²) in [4.78, 5) is 16.7. The van der Waals surface area contributed by atoms with E-state index in [1.807, 2.05) is 45.2 Å². The molecule has 0 bridgehead atoms. The van der Waals surface area contributed by atoms with Gasteiger partial charge in [0.05, 0.1) is 6.54 Å². The molecule has 0 aliphatic carbocycles. The first kappa shape index (κ1) is 16.0. The van der Waals surface area contributed by atoms with E-state index in [-0.39, 0.29) is 5.91 Å². The molecule has 1 rings (SSSR count). The lowest BCUT2D eigenvalue weighted by Gasteiger charge is -2.06. The van der Waals surface area contributed by atoms with Gasteiger partial charge in [-0.05, 0) is 35.3 Å². The molecule has 0 spiro atoms. The normalized spacial score (nSPS) is 10.8. The molecule has 0 aliphatic heterocycles. The van der Waals surface area contributed by atoms with Crippen LogP contribution in [0.15, 0.2) is 30.5 Å². The zero-order valence-electron chi connectivity index (χ0n) is 12.6. The van der Waals surface area contributed by atoms with Gasteiger partial charge in [-0.3, -0.25) is 10.1 Å². The van der Waals surface area contributed by atoms with E-state index in [9.17, 15) is 4.79 Å². The second-order valence-corrected chi connectivity index (χ2v) is 4.92. The summed E-state index contributed by atoms with van der Waals surface area (Å²) < 4.78 is 1.65. The van der Waals surface area contributed by atoms with Crippen LogP contribution in [-0.4, -0.2) is 26.1 Å².